The quantitative estimate of drug-likeness (QED) is 0.111. The number of benzene rings is 1. The van der Waals surface area contributed by atoms with Crippen molar-refractivity contribution < 1.29 is 98.8 Å². The molecule has 0 saturated carbocycles. The van der Waals surface area contributed by atoms with Crippen LogP contribution in [0.1, 0.15) is 24.2 Å². The van der Waals surface area contributed by atoms with Gasteiger partial charge in [0.1, 0.15) is 24.6 Å². The molecule has 248 valence electrons. The molecule has 0 aliphatic heterocycles. The number of rotatable bonds is 13. The van der Waals surface area contributed by atoms with E-state index in [-0.39, 0.29) is 11.3 Å². The number of ketones is 1. The minimum Gasteiger partial charge on any atom is -0.490 e. The van der Waals surface area contributed by atoms with Crippen molar-refractivity contribution in [2.45, 2.75) is 67.1 Å². The van der Waals surface area contributed by atoms with E-state index in [1.54, 1.807) is 0 Å². The van der Waals surface area contributed by atoms with Crippen molar-refractivity contribution in [2.75, 3.05) is 13.2 Å². The van der Waals surface area contributed by atoms with Crippen LogP contribution in [0.5, 0.6) is 5.75 Å². The molecule has 0 aromatic heterocycles. The maximum absolute atomic E-state index is 13.8. The first-order valence-corrected chi connectivity index (χ1v) is 10.7. The molecular weight excluding hydrogens is 655 g/mol. The van der Waals surface area contributed by atoms with Gasteiger partial charge >= 0.3 is 53.6 Å². The van der Waals surface area contributed by atoms with E-state index in [0.29, 0.717) is 0 Å². The summed E-state index contributed by atoms with van der Waals surface area (Å²) < 4.78 is 233. The molecule has 0 radical (unpaired) electrons. The maximum Gasteiger partial charge on any atom is 0.460 e. The highest BCUT2D eigenvalue weighted by Crippen LogP contribution is 2.64. The Bertz CT molecular complexity index is 1170. The van der Waals surface area contributed by atoms with Crippen molar-refractivity contribution in [3.63, 3.8) is 0 Å². The predicted molar refractivity (Wildman–Crippen MR) is 104 cm³/mol. The Morgan fingerprint density at radius 3 is 1.35 bits per heavy atom. The van der Waals surface area contributed by atoms with E-state index in [1.807, 2.05) is 0 Å². The van der Waals surface area contributed by atoms with Crippen LogP contribution < -0.4 is 4.74 Å². The second kappa shape index (κ2) is 11.1. The minimum atomic E-state index is -8.81. The Morgan fingerprint density at radius 1 is 0.605 bits per heavy atom. The van der Waals surface area contributed by atoms with E-state index in [2.05, 4.69) is 4.74 Å². The van der Waals surface area contributed by atoms with Crippen LogP contribution in [-0.4, -0.2) is 83.3 Å². The highest BCUT2D eigenvalue weighted by Gasteiger charge is 2.96. The van der Waals surface area contributed by atoms with E-state index >= 15 is 0 Å². The lowest BCUT2D eigenvalue weighted by Gasteiger charge is -2.42. The summed E-state index contributed by atoms with van der Waals surface area (Å²) in [5, 5.41) is 9.61. The molecule has 0 fully saturated rings. The van der Waals surface area contributed by atoms with E-state index in [1.165, 1.54) is 0 Å². The van der Waals surface area contributed by atoms with Crippen LogP contribution in [0.25, 0.3) is 0 Å². The Labute approximate surface area is 227 Å². The van der Waals surface area contributed by atoms with E-state index in [4.69, 9.17) is 4.74 Å². The normalized spacial score (nSPS) is 14.9. The first kappa shape index (κ1) is 38.0. The van der Waals surface area contributed by atoms with Gasteiger partial charge < -0.3 is 14.6 Å². The van der Waals surface area contributed by atoms with E-state index in [9.17, 15) is 89.3 Å². The number of hydrogen-bond donors (Lipinski definition) is 1. The molecule has 0 atom stereocenters. The summed E-state index contributed by atoms with van der Waals surface area (Å²) in [6.45, 7) is -0.506. The highest BCUT2D eigenvalue weighted by molar-refractivity contribution is 6.01. The van der Waals surface area contributed by atoms with Gasteiger partial charge in [-0.2, -0.15) is 74.6 Å². The van der Waals surface area contributed by atoms with Gasteiger partial charge in [0.25, 0.3) is 0 Å². The Kier molecular flexibility index (Phi) is 9.83. The lowest BCUT2D eigenvalue weighted by Crippen LogP contribution is -2.75. The fourth-order valence-electron chi connectivity index (χ4n) is 2.73. The number of Topliss-reactive ketones (excluding diaryl/α,β-unsaturated/α-hetero) is 1. The number of halogens is 17. The maximum atomic E-state index is 13.8. The first-order valence-electron chi connectivity index (χ1n) is 10.7. The van der Waals surface area contributed by atoms with Gasteiger partial charge in [-0.25, -0.2) is 4.79 Å². The standard InChI is InChI=1S/C21H15F17O5/c1-13(2,41)11(39)9-3-5-10(6-4-9)42-7-8-43-12(40)14(22,23)15(24,25)16(26,27)17(28,29)18(30,31)19(32,33)20(34,35)21(36,37)38/h3-6,41H,7-8H2,1-2H3. The van der Waals surface area contributed by atoms with E-state index in [0.717, 1.165) is 38.1 Å². The molecule has 0 aliphatic carbocycles. The predicted octanol–water partition coefficient (Wildman–Crippen LogP) is 6.57. The van der Waals surface area contributed by atoms with Gasteiger partial charge in [-0.3, -0.25) is 4.79 Å². The van der Waals surface area contributed by atoms with Gasteiger partial charge in [0, 0.05) is 5.56 Å². The smallest absolute Gasteiger partial charge is 0.460 e. The van der Waals surface area contributed by atoms with Crippen LogP contribution >= 0.6 is 0 Å². The summed E-state index contributed by atoms with van der Waals surface area (Å²) in [5.41, 5.74) is -1.92. The molecule has 1 aromatic carbocycles. The van der Waals surface area contributed by atoms with Gasteiger partial charge in [0.05, 0.1) is 0 Å². The zero-order chi connectivity index (χ0) is 34.5. The van der Waals surface area contributed by atoms with Crippen LogP contribution in [0.2, 0.25) is 0 Å². The van der Waals surface area contributed by atoms with Gasteiger partial charge in [-0.1, -0.05) is 0 Å². The molecule has 43 heavy (non-hydrogen) atoms. The van der Waals surface area contributed by atoms with Crippen LogP contribution in [0, 0.1) is 0 Å². The second-order valence-electron chi connectivity index (χ2n) is 8.92. The SMILES string of the molecule is CC(C)(O)C(=O)c1ccc(OCCOC(=O)C(F)(F)C(F)(F)C(F)(F)C(F)(F)C(F)(F)C(F)(F)C(F)(F)C(F)(F)F)cc1. The summed E-state index contributed by atoms with van der Waals surface area (Å²) >= 11 is 0. The van der Waals surface area contributed by atoms with Crippen molar-refractivity contribution in [3.8, 4) is 5.75 Å². The van der Waals surface area contributed by atoms with Crippen LogP contribution in [0.15, 0.2) is 24.3 Å². The molecular formula is C21H15F17O5. The number of esters is 1. The molecule has 1 rings (SSSR count). The van der Waals surface area contributed by atoms with Crippen molar-refractivity contribution in [1.29, 1.82) is 0 Å². The zero-order valence-corrected chi connectivity index (χ0v) is 20.7. The number of alkyl halides is 17. The topological polar surface area (TPSA) is 72.8 Å². The second-order valence-corrected chi connectivity index (χ2v) is 8.92. The molecule has 0 heterocycles. The molecule has 22 heteroatoms. The van der Waals surface area contributed by atoms with Gasteiger partial charge in [-0.05, 0) is 38.1 Å². The number of hydrogen-bond acceptors (Lipinski definition) is 5. The van der Waals surface area contributed by atoms with Crippen LogP contribution in [0.4, 0.5) is 74.6 Å². The average molecular weight is 670 g/mol. The molecule has 5 nitrogen and oxygen atoms in total. The summed E-state index contributed by atoms with van der Waals surface area (Å²) in [4.78, 5) is 23.2. The zero-order valence-electron chi connectivity index (χ0n) is 20.7. The third-order valence-corrected chi connectivity index (χ3v) is 5.24. The molecule has 0 saturated heterocycles. The van der Waals surface area contributed by atoms with Gasteiger partial charge in [-0.15, -0.1) is 0 Å². The average Bonchev–Trinajstić information content (AvgIpc) is 2.84. The molecule has 1 aromatic rings. The fraction of sp³-hybridized carbons (Fsp3) is 0.619. The summed E-state index contributed by atoms with van der Waals surface area (Å²) in [6.07, 6.45) is -7.88. The highest BCUT2D eigenvalue weighted by atomic mass is 19.4. The summed E-state index contributed by atoms with van der Waals surface area (Å²) in [5.74, 6) is -63.7. The fourth-order valence-corrected chi connectivity index (χ4v) is 2.73. The Balaban J connectivity index is 3.14. The molecule has 0 bridgehead atoms. The monoisotopic (exact) mass is 670 g/mol. The number of carbonyl (C=O) groups excluding carboxylic acids is 2. The lowest BCUT2D eigenvalue weighted by molar-refractivity contribution is -0.460. The largest absolute Gasteiger partial charge is 0.490 e. The van der Waals surface area contributed by atoms with Crippen LogP contribution in [-0.2, 0) is 9.53 Å². The van der Waals surface area contributed by atoms with Gasteiger partial charge in [0.2, 0.25) is 0 Å². The van der Waals surface area contributed by atoms with Gasteiger partial charge in [0.15, 0.2) is 5.78 Å². The minimum absolute atomic E-state index is 0.101. The third-order valence-electron chi connectivity index (χ3n) is 5.24. The molecule has 1 N–H and O–H groups in total. The van der Waals surface area contributed by atoms with Crippen molar-refractivity contribution in [3.05, 3.63) is 29.8 Å². The van der Waals surface area contributed by atoms with Crippen molar-refractivity contribution in [2.24, 2.45) is 0 Å². The summed E-state index contributed by atoms with van der Waals surface area (Å²) in [6, 6.07) is 4.01. The number of aliphatic hydroxyl groups is 1. The lowest BCUT2D eigenvalue weighted by atomic mass is 9.89. The molecule has 0 amide bonds. The number of ether oxygens (including phenoxy) is 2. The van der Waals surface area contributed by atoms with Crippen molar-refractivity contribution in [1.82, 2.24) is 0 Å². The first-order chi connectivity index (χ1) is 18.8. The third kappa shape index (κ3) is 6.15. The molecule has 0 aliphatic rings. The Hall–Kier alpha value is -3.07. The molecule has 0 unspecified atom stereocenters. The Morgan fingerprint density at radius 2 is 0.977 bits per heavy atom. The molecule has 0 spiro atoms. The van der Waals surface area contributed by atoms with Crippen molar-refractivity contribution >= 4 is 11.8 Å². The van der Waals surface area contributed by atoms with E-state index < -0.39 is 78.2 Å². The van der Waals surface area contributed by atoms with Crippen LogP contribution in [0.3, 0.4) is 0 Å². The number of carbonyl (C=O) groups is 2. The summed E-state index contributed by atoms with van der Waals surface area (Å²) in [7, 11) is 0.